The quantitative estimate of drug-likeness (QED) is 0.576. The van der Waals surface area contributed by atoms with Crippen molar-refractivity contribution in [3.63, 3.8) is 0 Å². The minimum absolute atomic E-state index is 0.200. The summed E-state index contributed by atoms with van der Waals surface area (Å²) in [5.74, 6) is 0.289. The predicted molar refractivity (Wildman–Crippen MR) is 125 cm³/mol. The molecule has 0 radical (unpaired) electrons. The summed E-state index contributed by atoms with van der Waals surface area (Å²) in [5.41, 5.74) is 4.27. The van der Waals surface area contributed by atoms with E-state index < -0.39 is 11.8 Å². The number of anilines is 2. The molecular formula is C26H24N2O4. The molecule has 6 nitrogen and oxygen atoms in total. The Labute approximate surface area is 187 Å². The van der Waals surface area contributed by atoms with Gasteiger partial charge in [-0.1, -0.05) is 42.0 Å². The van der Waals surface area contributed by atoms with E-state index in [4.69, 9.17) is 9.47 Å². The highest BCUT2D eigenvalue weighted by atomic mass is 16.5. The molecule has 2 amide bonds. The van der Waals surface area contributed by atoms with Crippen LogP contribution in [-0.4, -0.2) is 26.0 Å². The number of hydrogen-bond acceptors (Lipinski definition) is 5. The van der Waals surface area contributed by atoms with Crippen LogP contribution in [0.1, 0.15) is 16.7 Å². The summed E-state index contributed by atoms with van der Waals surface area (Å²) in [6.07, 6.45) is 0. The summed E-state index contributed by atoms with van der Waals surface area (Å²) >= 11 is 0. The summed E-state index contributed by atoms with van der Waals surface area (Å²) in [5, 5.41) is 3.18. The third-order valence-corrected chi connectivity index (χ3v) is 5.35. The van der Waals surface area contributed by atoms with Crippen LogP contribution in [0.2, 0.25) is 0 Å². The lowest BCUT2D eigenvalue weighted by molar-refractivity contribution is -0.120. The van der Waals surface area contributed by atoms with Gasteiger partial charge in [-0.25, -0.2) is 4.90 Å². The van der Waals surface area contributed by atoms with E-state index in [1.165, 1.54) is 4.90 Å². The van der Waals surface area contributed by atoms with Gasteiger partial charge in [0.1, 0.15) is 17.2 Å². The minimum Gasteiger partial charge on any atom is -0.497 e. The first-order chi connectivity index (χ1) is 15.4. The normalized spacial score (nSPS) is 13.6. The van der Waals surface area contributed by atoms with Crippen LogP contribution in [0.5, 0.6) is 11.5 Å². The van der Waals surface area contributed by atoms with Crippen molar-refractivity contribution < 1.29 is 19.1 Å². The maximum Gasteiger partial charge on any atom is 0.282 e. The summed E-state index contributed by atoms with van der Waals surface area (Å²) in [7, 11) is 3.11. The van der Waals surface area contributed by atoms with Crippen molar-refractivity contribution in [2.24, 2.45) is 0 Å². The molecule has 0 atom stereocenters. The summed E-state index contributed by atoms with van der Waals surface area (Å²) in [6, 6.07) is 20.0. The van der Waals surface area contributed by atoms with Crippen molar-refractivity contribution in [2.75, 3.05) is 24.4 Å². The molecule has 4 rings (SSSR count). The Balaban J connectivity index is 1.85. The molecule has 1 aliphatic heterocycles. The summed E-state index contributed by atoms with van der Waals surface area (Å²) in [4.78, 5) is 28.3. The van der Waals surface area contributed by atoms with Crippen molar-refractivity contribution in [1.29, 1.82) is 0 Å². The molecule has 32 heavy (non-hydrogen) atoms. The first-order valence-corrected chi connectivity index (χ1v) is 10.2. The second-order valence-corrected chi connectivity index (χ2v) is 7.59. The van der Waals surface area contributed by atoms with E-state index in [9.17, 15) is 9.59 Å². The van der Waals surface area contributed by atoms with Crippen LogP contribution in [0.15, 0.2) is 72.4 Å². The number of carbonyl (C=O) groups excluding carboxylic acids is 2. The Bertz CT molecular complexity index is 1230. The van der Waals surface area contributed by atoms with Gasteiger partial charge in [0.15, 0.2) is 0 Å². The van der Waals surface area contributed by atoms with E-state index >= 15 is 0 Å². The lowest BCUT2D eigenvalue weighted by Crippen LogP contribution is -2.32. The fourth-order valence-corrected chi connectivity index (χ4v) is 3.67. The average Bonchev–Trinajstić information content (AvgIpc) is 3.04. The molecular weight excluding hydrogens is 404 g/mol. The maximum atomic E-state index is 13.6. The first kappa shape index (κ1) is 21.2. The molecule has 0 aliphatic carbocycles. The van der Waals surface area contributed by atoms with Crippen molar-refractivity contribution in [2.45, 2.75) is 13.8 Å². The number of ether oxygens (including phenoxy) is 2. The number of aryl methyl sites for hydroxylation is 2. The van der Waals surface area contributed by atoms with Gasteiger partial charge < -0.3 is 14.8 Å². The van der Waals surface area contributed by atoms with Crippen molar-refractivity contribution >= 4 is 28.8 Å². The zero-order valence-corrected chi connectivity index (χ0v) is 18.4. The van der Waals surface area contributed by atoms with E-state index in [1.807, 2.05) is 56.3 Å². The van der Waals surface area contributed by atoms with E-state index in [0.29, 0.717) is 34.0 Å². The number of amides is 2. The molecule has 1 N–H and O–H groups in total. The second-order valence-electron chi connectivity index (χ2n) is 7.59. The molecule has 0 saturated carbocycles. The van der Waals surface area contributed by atoms with Crippen LogP contribution in [0.3, 0.4) is 0 Å². The molecule has 0 bridgehead atoms. The van der Waals surface area contributed by atoms with E-state index in [1.54, 1.807) is 38.5 Å². The maximum absolute atomic E-state index is 13.6. The average molecular weight is 428 g/mol. The van der Waals surface area contributed by atoms with Crippen LogP contribution >= 0.6 is 0 Å². The van der Waals surface area contributed by atoms with Crippen LogP contribution < -0.4 is 19.7 Å². The Hall–Kier alpha value is -4.06. The number of rotatable bonds is 6. The zero-order chi connectivity index (χ0) is 22.8. The standard InChI is InChI=1S/C26H24N2O4/c1-16-8-11-18(12-9-16)23-24(27-21-14-17(2)10-13-22(21)32-4)26(30)28(25(23)29)19-6-5-7-20(15-19)31-3/h5-15,27H,1-4H3. The number of imide groups is 1. The molecule has 3 aromatic rings. The monoisotopic (exact) mass is 428 g/mol. The highest BCUT2D eigenvalue weighted by Crippen LogP contribution is 2.36. The van der Waals surface area contributed by atoms with Crippen LogP contribution in [-0.2, 0) is 9.59 Å². The van der Waals surface area contributed by atoms with Gasteiger partial charge in [0.25, 0.3) is 11.8 Å². The predicted octanol–water partition coefficient (Wildman–Crippen LogP) is 4.72. The number of benzene rings is 3. The molecule has 0 unspecified atom stereocenters. The number of nitrogens with zero attached hydrogens (tertiary/aromatic N) is 1. The topological polar surface area (TPSA) is 67.9 Å². The molecule has 0 aromatic heterocycles. The summed E-state index contributed by atoms with van der Waals surface area (Å²) < 4.78 is 10.7. The third kappa shape index (κ3) is 3.83. The Kier molecular flexibility index (Phi) is 5.69. The Morgan fingerprint density at radius 1 is 0.781 bits per heavy atom. The van der Waals surface area contributed by atoms with Gasteiger partial charge in [0.05, 0.1) is 31.2 Å². The van der Waals surface area contributed by atoms with Crippen molar-refractivity contribution in [3.8, 4) is 11.5 Å². The van der Waals surface area contributed by atoms with Gasteiger partial charge in [-0.05, 0) is 49.2 Å². The van der Waals surface area contributed by atoms with E-state index in [-0.39, 0.29) is 5.70 Å². The molecule has 0 spiro atoms. The van der Waals surface area contributed by atoms with Crippen LogP contribution in [0, 0.1) is 13.8 Å². The molecule has 162 valence electrons. The molecule has 1 aliphatic rings. The molecule has 0 fully saturated rings. The summed E-state index contributed by atoms with van der Waals surface area (Å²) in [6.45, 7) is 3.92. The fraction of sp³-hybridized carbons (Fsp3) is 0.154. The zero-order valence-electron chi connectivity index (χ0n) is 18.4. The number of carbonyl (C=O) groups is 2. The van der Waals surface area contributed by atoms with Gasteiger partial charge >= 0.3 is 0 Å². The number of nitrogens with one attached hydrogen (secondary N) is 1. The van der Waals surface area contributed by atoms with Gasteiger partial charge in [-0.3, -0.25) is 9.59 Å². The lowest BCUT2D eigenvalue weighted by Gasteiger charge is -2.17. The molecule has 0 saturated heterocycles. The van der Waals surface area contributed by atoms with E-state index in [0.717, 1.165) is 11.1 Å². The van der Waals surface area contributed by atoms with Gasteiger partial charge in [-0.2, -0.15) is 0 Å². The largest absolute Gasteiger partial charge is 0.497 e. The Morgan fingerprint density at radius 2 is 1.50 bits per heavy atom. The lowest BCUT2D eigenvalue weighted by atomic mass is 10.0. The SMILES string of the molecule is COc1cccc(N2C(=O)C(Nc3cc(C)ccc3OC)=C(c3ccc(C)cc3)C2=O)c1. The van der Waals surface area contributed by atoms with Gasteiger partial charge in [0, 0.05) is 6.07 Å². The van der Waals surface area contributed by atoms with Crippen LogP contribution in [0.25, 0.3) is 5.57 Å². The molecule has 1 heterocycles. The minimum atomic E-state index is -0.442. The number of methoxy groups -OCH3 is 2. The molecule has 3 aromatic carbocycles. The highest BCUT2D eigenvalue weighted by Gasteiger charge is 2.40. The van der Waals surface area contributed by atoms with Crippen molar-refractivity contribution in [3.05, 3.63) is 89.1 Å². The van der Waals surface area contributed by atoms with Crippen LogP contribution in [0.4, 0.5) is 11.4 Å². The van der Waals surface area contributed by atoms with Gasteiger partial charge in [0.2, 0.25) is 0 Å². The Morgan fingerprint density at radius 3 is 2.19 bits per heavy atom. The smallest absolute Gasteiger partial charge is 0.282 e. The second kappa shape index (κ2) is 8.59. The highest BCUT2D eigenvalue weighted by molar-refractivity contribution is 6.46. The fourth-order valence-electron chi connectivity index (χ4n) is 3.67. The van der Waals surface area contributed by atoms with Gasteiger partial charge in [-0.15, -0.1) is 0 Å². The van der Waals surface area contributed by atoms with Crippen molar-refractivity contribution in [1.82, 2.24) is 0 Å². The molecule has 6 heteroatoms. The third-order valence-electron chi connectivity index (χ3n) is 5.35. The number of hydrogen-bond donors (Lipinski definition) is 1. The van der Waals surface area contributed by atoms with E-state index in [2.05, 4.69) is 5.32 Å². The first-order valence-electron chi connectivity index (χ1n) is 10.2.